The second-order valence-electron chi connectivity index (χ2n) is 4.51. The number of fused-ring (bicyclic) bond motifs is 1. The molecule has 0 bridgehead atoms. The minimum absolute atomic E-state index is 0.249. The molecule has 2 aromatic rings. The Bertz CT molecular complexity index is 585. The first-order chi connectivity index (χ1) is 7.99. The Labute approximate surface area is 105 Å². The Kier molecular flexibility index (Phi) is 3.31. The number of imidazole rings is 1. The summed E-state index contributed by atoms with van der Waals surface area (Å²) >= 11 is 5.27. The van der Waals surface area contributed by atoms with Crippen molar-refractivity contribution in [3.8, 4) is 0 Å². The molecule has 17 heavy (non-hydrogen) atoms. The van der Waals surface area contributed by atoms with E-state index in [9.17, 15) is 4.39 Å². The topological polar surface area (TPSA) is 24.0 Å². The van der Waals surface area contributed by atoms with E-state index in [1.165, 1.54) is 12.1 Å². The van der Waals surface area contributed by atoms with E-state index >= 15 is 0 Å². The number of rotatable bonds is 3. The van der Waals surface area contributed by atoms with E-state index in [2.05, 4.69) is 16.8 Å². The number of nitrogens with one attached hydrogen (secondary N) is 1. The number of hydrogen-bond donors (Lipinski definition) is 1. The number of aromatic nitrogens is 2. The minimum Gasteiger partial charge on any atom is -0.330 e. The van der Waals surface area contributed by atoms with Gasteiger partial charge >= 0.3 is 0 Å². The summed E-state index contributed by atoms with van der Waals surface area (Å²) in [6.07, 6.45) is 0. The van der Waals surface area contributed by atoms with E-state index in [0.717, 1.165) is 17.6 Å². The second kappa shape index (κ2) is 4.58. The SMILES string of the molecule is CC(Cn1c(=S)[nH]c2cc(F)ccc21)N(C)C. The lowest BCUT2D eigenvalue weighted by atomic mass is 10.2. The van der Waals surface area contributed by atoms with Gasteiger partial charge in [0.25, 0.3) is 0 Å². The molecule has 0 aliphatic heterocycles. The van der Waals surface area contributed by atoms with Crippen molar-refractivity contribution in [2.75, 3.05) is 14.1 Å². The molecule has 1 atom stereocenters. The maximum Gasteiger partial charge on any atom is 0.178 e. The van der Waals surface area contributed by atoms with Gasteiger partial charge in [-0.1, -0.05) is 0 Å². The molecule has 2 rings (SSSR count). The minimum atomic E-state index is -0.249. The van der Waals surface area contributed by atoms with Gasteiger partial charge in [-0.05, 0) is 51.4 Å². The molecule has 1 unspecified atom stereocenters. The van der Waals surface area contributed by atoms with Crippen LogP contribution >= 0.6 is 12.2 Å². The van der Waals surface area contributed by atoms with Crippen LogP contribution in [0.15, 0.2) is 18.2 Å². The second-order valence-corrected chi connectivity index (χ2v) is 4.90. The Morgan fingerprint density at radius 2 is 2.18 bits per heavy atom. The van der Waals surface area contributed by atoms with Crippen molar-refractivity contribution in [2.45, 2.75) is 19.5 Å². The highest BCUT2D eigenvalue weighted by Crippen LogP contribution is 2.16. The van der Waals surface area contributed by atoms with Crippen LogP contribution in [0.2, 0.25) is 0 Å². The van der Waals surface area contributed by atoms with E-state index in [0.29, 0.717) is 10.8 Å². The third-order valence-corrected chi connectivity index (χ3v) is 3.39. The van der Waals surface area contributed by atoms with Gasteiger partial charge in [-0.15, -0.1) is 0 Å². The summed E-state index contributed by atoms with van der Waals surface area (Å²) in [5.74, 6) is -0.249. The fourth-order valence-corrected chi connectivity index (χ4v) is 2.03. The molecular weight excluding hydrogens is 237 g/mol. The highest BCUT2D eigenvalue weighted by atomic mass is 32.1. The van der Waals surface area contributed by atoms with Crippen LogP contribution in [0.3, 0.4) is 0 Å². The van der Waals surface area contributed by atoms with E-state index in [1.807, 2.05) is 18.7 Å². The lowest BCUT2D eigenvalue weighted by Crippen LogP contribution is -2.29. The molecule has 0 amide bonds. The van der Waals surface area contributed by atoms with Gasteiger partial charge < -0.3 is 14.5 Å². The summed E-state index contributed by atoms with van der Waals surface area (Å²) in [5.41, 5.74) is 1.70. The Morgan fingerprint density at radius 3 is 2.82 bits per heavy atom. The van der Waals surface area contributed by atoms with Gasteiger partial charge in [0.1, 0.15) is 5.82 Å². The van der Waals surface area contributed by atoms with Crippen LogP contribution in [0.1, 0.15) is 6.92 Å². The standard InChI is InChI=1S/C12H16FN3S/c1-8(15(2)3)7-16-11-5-4-9(13)6-10(11)14-12(16)17/h4-6,8H,7H2,1-3H3,(H,14,17). The van der Waals surface area contributed by atoms with Crippen LogP contribution in [-0.2, 0) is 6.54 Å². The van der Waals surface area contributed by atoms with Crippen LogP contribution in [0.4, 0.5) is 4.39 Å². The van der Waals surface area contributed by atoms with Crippen LogP contribution < -0.4 is 0 Å². The number of halogens is 1. The van der Waals surface area contributed by atoms with Crippen molar-refractivity contribution in [3.63, 3.8) is 0 Å². The quantitative estimate of drug-likeness (QED) is 0.850. The average Bonchev–Trinajstić information content (AvgIpc) is 2.54. The van der Waals surface area contributed by atoms with E-state index in [1.54, 1.807) is 6.07 Å². The molecule has 3 nitrogen and oxygen atoms in total. The summed E-state index contributed by atoms with van der Waals surface area (Å²) in [4.78, 5) is 5.16. The van der Waals surface area contributed by atoms with Crippen molar-refractivity contribution in [1.29, 1.82) is 0 Å². The summed E-state index contributed by atoms with van der Waals surface area (Å²) in [7, 11) is 4.06. The normalized spacial score (nSPS) is 13.5. The zero-order valence-electron chi connectivity index (χ0n) is 10.2. The molecule has 1 aromatic carbocycles. The first-order valence-corrected chi connectivity index (χ1v) is 5.94. The first-order valence-electron chi connectivity index (χ1n) is 5.53. The van der Waals surface area contributed by atoms with Gasteiger partial charge in [-0.2, -0.15) is 0 Å². The number of aromatic amines is 1. The predicted octanol–water partition coefficient (Wildman–Crippen LogP) is 2.79. The summed E-state index contributed by atoms with van der Waals surface area (Å²) in [5, 5.41) is 0. The predicted molar refractivity (Wildman–Crippen MR) is 70.2 cm³/mol. The van der Waals surface area contributed by atoms with Crippen LogP contribution in [0, 0.1) is 10.6 Å². The fraction of sp³-hybridized carbons (Fsp3) is 0.417. The van der Waals surface area contributed by atoms with Gasteiger partial charge in [0, 0.05) is 12.6 Å². The van der Waals surface area contributed by atoms with E-state index < -0.39 is 0 Å². The molecule has 0 saturated heterocycles. The molecule has 1 N–H and O–H groups in total. The molecule has 0 saturated carbocycles. The van der Waals surface area contributed by atoms with Gasteiger partial charge in [0.15, 0.2) is 4.77 Å². The average molecular weight is 253 g/mol. The highest BCUT2D eigenvalue weighted by molar-refractivity contribution is 7.71. The van der Waals surface area contributed by atoms with Crippen LogP contribution in [-0.4, -0.2) is 34.6 Å². The molecule has 1 heterocycles. The van der Waals surface area contributed by atoms with Gasteiger partial charge in [0.2, 0.25) is 0 Å². The Morgan fingerprint density at radius 1 is 1.47 bits per heavy atom. The third kappa shape index (κ3) is 2.40. The highest BCUT2D eigenvalue weighted by Gasteiger charge is 2.10. The van der Waals surface area contributed by atoms with Crippen LogP contribution in [0.25, 0.3) is 11.0 Å². The van der Waals surface area contributed by atoms with Gasteiger partial charge in [-0.25, -0.2) is 4.39 Å². The lowest BCUT2D eigenvalue weighted by Gasteiger charge is -2.20. The Balaban J connectivity index is 2.47. The lowest BCUT2D eigenvalue weighted by molar-refractivity contribution is 0.285. The molecular formula is C12H16FN3S. The zero-order chi connectivity index (χ0) is 12.6. The van der Waals surface area contributed by atoms with Crippen molar-refractivity contribution in [1.82, 2.24) is 14.5 Å². The molecule has 0 aliphatic carbocycles. The molecule has 1 aromatic heterocycles. The maximum atomic E-state index is 13.1. The molecule has 0 fully saturated rings. The summed E-state index contributed by atoms with van der Waals surface area (Å²) in [6.45, 7) is 2.92. The van der Waals surface area contributed by atoms with E-state index in [4.69, 9.17) is 12.2 Å². The Hall–Kier alpha value is -1.20. The number of likely N-dealkylation sites (N-methyl/N-ethyl adjacent to an activating group) is 1. The molecule has 0 aliphatic rings. The van der Waals surface area contributed by atoms with Crippen LogP contribution in [0.5, 0.6) is 0 Å². The van der Waals surface area contributed by atoms with Gasteiger partial charge in [0.05, 0.1) is 11.0 Å². The number of nitrogens with zero attached hydrogens (tertiary/aromatic N) is 2. The fourth-order valence-electron chi connectivity index (χ4n) is 1.74. The van der Waals surface area contributed by atoms with Crippen molar-refractivity contribution < 1.29 is 4.39 Å². The largest absolute Gasteiger partial charge is 0.330 e. The number of benzene rings is 1. The summed E-state index contributed by atoms with van der Waals surface area (Å²) in [6, 6.07) is 5.06. The monoisotopic (exact) mass is 253 g/mol. The van der Waals surface area contributed by atoms with Crippen molar-refractivity contribution in [3.05, 3.63) is 28.8 Å². The molecule has 0 spiro atoms. The summed E-state index contributed by atoms with van der Waals surface area (Å²) < 4.78 is 15.7. The molecule has 0 radical (unpaired) electrons. The molecule has 5 heteroatoms. The van der Waals surface area contributed by atoms with Crippen molar-refractivity contribution >= 4 is 23.3 Å². The maximum absolute atomic E-state index is 13.1. The third-order valence-electron chi connectivity index (χ3n) is 3.06. The van der Waals surface area contributed by atoms with Gasteiger partial charge in [-0.3, -0.25) is 0 Å². The molecule has 92 valence electrons. The first kappa shape index (κ1) is 12.3. The number of H-pyrrole nitrogens is 1. The smallest absolute Gasteiger partial charge is 0.178 e. The number of hydrogen-bond acceptors (Lipinski definition) is 2. The van der Waals surface area contributed by atoms with E-state index in [-0.39, 0.29) is 5.82 Å². The zero-order valence-corrected chi connectivity index (χ0v) is 11.0. The van der Waals surface area contributed by atoms with Crippen molar-refractivity contribution in [2.24, 2.45) is 0 Å².